The van der Waals surface area contributed by atoms with Gasteiger partial charge in [0.2, 0.25) is 0 Å². The van der Waals surface area contributed by atoms with E-state index in [1.807, 2.05) is 0 Å². The molecule has 0 spiro atoms. The average Bonchev–Trinajstić information content (AvgIpc) is 1.88. The van der Waals surface area contributed by atoms with Crippen molar-refractivity contribution in [2.75, 3.05) is 39.6 Å². The maximum atomic E-state index is 13.1. The number of phosphoric ester groups is 2. The Morgan fingerprint density at radius 2 is 0.438 bits per heavy atom. The first-order chi connectivity index (χ1) is 46.1. The third-order valence-electron chi connectivity index (χ3n) is 17.8. The fourth-order valence-electron chi connectivity index (χ4n) is 11.7. The summed E-state index contributed by atoms with van der Waals surface area (Å²) in [6.45, 7) is 14.2. The molecule has 0 saturated carbocycles. The summed E-state index contributed by atoms with van der Waals surface area (Å²) in [6, 6.07) is 0. The van der Waals surface area contributed by atoms with Gasteiger partial charge in [-0.2, -0.15) is 0 Å². The number of ether oxygens (including phenoxy) is 4. The standard InChI is InChI=1S/C77H150O17P2/c1-67(2)53-45-37-29-22-17-13-11-9-10-12-14-20-26-34-43-51-59-76(81)93-72(63-87-74(79)57-49-41-33-25-19-16-15-18-23-30-38-46-54-68(3)4)65-91-95(83,84)89-61-71(78)62-90-96(85,86)92-66-73(64-88-75(80)58-50-42-36-28-32-40-48-56-70(7)8)94-77(82)60-52-44-35-27-21-24-31-39-47-55-69(5)6/h67-73,78H,9-66H2,1-8H3,(H,83,84)(H,85,86)/t71?,72-,73-/m1/s1. The van der Waals surface area contributed by atoms with Gasteiger partial charge in [0.25, 0.3) is 0 Å². The Labute approximate surface area is 588 Å². The molecule has 0 saturated heterocycles. The van der Waals surface area contributed by atoms with Crippen molar-refractivity contribution in [2.45, 2.75) is 408 Å². The molecule has 0 bridgehead atoms. The molecule has 0 rings (SSSR count). The molecule has 0 aromatic rings. The third-order valence-corrected chi connectivity index (χ3v) is 19.7. The van der Waals surface area contributed by atoms with Crippen LogP contribution < -0.4 is 0 Å². The number of phosphoric acid groups is 2. The van der Waals surface area contributed by atoms with Crippen LogP contribution in [0.15, 0.2) is 0 Å². The van der Waals surface area contributed by atoms with Crippen molar-refractivity contribution in [1.82, 2.24) is 0 Å². The molecule has 0 aliphatic heterocycles. The zero-order valence-corrected chi connectivity index (χ0v) is 64.8. The fraction of sp³-hybridized carbons (Fsp3) is 0.948. The van der Waals surface area contributed by atoms with E-state index in [0.717, 1.165) is 114 Å². The maximum absolute atomic E-state index is 13.1. The van der Waals surface area contributed by atoms with Gasteiger partial charge in [0, 0.05) is 25.7 Å². The number of esters is 4. The second kappa shape index (κ2) is 66.3. The van der Waals surface area contributed by atoms with Crippen molar-refractivity contribution in [3.05, 3.63) is 0 Å². The lowest BCUT2D eigenvalue weighted by Crippen LogP contribution is -2.30. The van der Waals surface area contributed by atoms with Crippen LogP contribution in [0.3, 0.4) is 0 Å². The highest BCUT2D eigenvalue weighted by Gasteiger charge is 2.30. The lowest BCUT2D eigenvalue weighted by molar-refractivity contribution is -0.161. The fourth-order valence-corrected chi connectivity index (χ4v) is 13.3. The van der Waals surface area contributed by atoms with E-state index in [0.29, 0.717) is 31.6 Å². The van der Waals surface area contributed by atoms with Gasteiger partial charge in [-0.3, -0.25) is 37.3 Å². The number of rotatable bonds is 74. The number of aliphatic hydroxyl groups excluding tert-OH is 1. The second-order valence-electron chi connectivity index (χ2n) is 29.7. The number of hydrogen-bond donors (Lipinski definition) is 3. The largest absolute Gasteiger partial charge is 0.472 e. The molecule has 0 heterocycles. The van der Waals surface area contributed by atoms with Gasteiger partial charge in [-0.1, -0.05) is 338 Å². The average molecular weight is 1410 g/mol. The monoisotopic (exact) mass is 1410 g/mol. The van der Waals surface area contributed by atoms with Crippen LogP contribution in [0.4, 0.5) is 0 Å². The molecule has 19 heteroatoms. The number of aliphatic hydroxyl groups is 1. The molecule has 3 unspecified atom stereocenters. The second-order valence-corrected chi connectivity index (χ2v) is 32.6. The van der Waals surface area contributed by atoms with Gasteiger partial charge < -0.3 is 33.8 Å². The number of hydrogen-bond acceptors (Lipinski definition) is 15. The van der Waals surface area contributed by atoms with Crippen LogP contribution in [-0.4, -0.2) is 96.7 Å². The molecular weight excluding hydrogens is 1260 g/mol. The van der Waals surface area contributed by atoms with Crippen molar-refractivity contribution in [2.24, 2.45) is 23.7 Å². The molecule has 96 heavy (non-hydrogen) atoms. The minimum absolute atomic E-state index is 0.104. The van der Waals surface area contributed by atoms with Crippen molar-refractivity contribution in [1.29, 1.82) is 0 Å². The zero-order chi connectivity index (χ0) is 71.0. The smallest absolute Gasteiger partial charge is 0.462 e. The van der Waals surface area contributed by atoms with Gasteiger partial charge >= 0.3 is 39.5 Å². The summed E-state index contributed by atoms with van der Waals surface area (Å²) < 4.78 is 68.5. The first-order valence-corrected chi connectivity index (χ1v) is 42.7. The highest BCUT2D eigenvalue weighted by atomic mass is 31.2. The molecule has 17 nitrogen and oxygen atoms in total. The van der Waals surface area contributed by atoms with Crippen molar-refractivity contribution >= 4 is 39.5 Å². The first-order valence-electron chi connectivity index (χ1n) is 39.7. The molecule has 570 valence electrons. The van der Waals surface area contributed by atoms with Crippen molar-refractivity contribution in [3.8, 4) is 0 Å². The van der Waals surface area contributed by atoms with E-state index < -0.39 is 97.5 Å². The number of carbonyl (C=O) groups is 4. The Morgan fingerprint density at radius 1 is 0.260 bits per heavy atom. The van der Waals surface area contributed by atoms with Gasteiger partial charge in [0.1, 0.15) is 19.3 Å². The van der Waals surface area contributed by atoms with Gasteiger partial charge in [0.15, 0.2) is 12.2 Å². The minimum Gasteiger partial charge on any atom is -0.462 e. The Kier molecular flexibility index (Phi) is 65.0. The van der Waals surface area contributed by atoms with Crippen molar-refractivity contribution < 1.29 is 80.2 Å². The summed E-state index contributed by atoms with van der Waals surface area (Å²) in [5.41, 5.74) is 0. The molecule has 0 amide bonds. The molecule has 0 aliphatic rings. The predicted octanol–water partition coefficient (Wildman–Crippen LogP) is 22.4. The molecule has 0 aromatic carbocycles. The SMILES string of the molecule is CC(C)CCCCCCCCCCCCCCCCCCC(=O)O[C@H](COC(=O)CCCCCCCCCCCCCCC(C)C)COP(=O)(O)OCC(O)COP(=O)(O)OC[C@@H](COC(=O)CCCCCCCCCC(C)C)OC(=O)CCCCCCCCCCCC(C)C. The topological polar surface area (TPSA) is 237 Å². The van der Waals surface area contributed by atoms with E-state index in [-0.39, 0.29) is 25.7 Å². The van der Waals surface area contributed by atoms with Crippen LogP contribution >= 0.6 is 15.6 Å². The highest BCUT2D eigenvalue weighted by Crippen LogP contribution is 2.45. The van der Waals surface area contributed by atoms with Crippen LogP contribution in [0.25, 0.3) is 0 Å². The molecule has 0 radical (unpaired) electrons. The highest BCUT2D eigenvalue weighted by molar-refractivity contribution is 7.47. The van der Waals surface area contributed by atoms with Crippen LogP contribution in [-0.2, 0) is 65.4 Å². The van der Waals surface area contributed by atoms with E-state index in [1.54, 1.807) is 0 Å². The first kappa shape index (κ1) is 94.1. The van der Waals surface area contributed by atoms with Crippen LogP contribution in [0, 0.1) is 23.7 Å². The Morgan fingerprint density at radius 3 is 0.646 bits per heavy atom. The maximum Gasteiger partial charge on any atom is 0.472 e. The summed E-state index contributed by atoms with van der Waals surface area (Å²) >= 11 is 0. The Balaban J connectivity index is 5.24. The van der Waals surface area contributed by atoms with Gasteiger partial charge in [-0.15, -0.1) is 0 Å². The van der Waals surface area contributed by atoms with Crippen molar-refractivity contribution in [3.63, 3.8) is 0 Å². The predicted molar refractivity (Wildman–Crippen MR) is 391 cm³/mol. The van der Waals surface area contributed by atoms with Gasteiger partial charge in [-0.05, 0) is 49.4 Å². The van der Waals surface area contributed by atoms with Gasteiger partial charge in [0.05, 0.1) is 26.4 Å². The van der Waals surface area contributed by atoms with Crippen LogP contribution in [0.1, 0.15) is 389 Å². The number of carbonyl (C=O) groups excluding carboxylic acids is 4. The lowest BCUT2D eigenvalue weighted by Gasteiger charge is -2.21. The minimum atomic E-state index is -4.96. The summed E-state index contributed by atoms with van der Waals surface area (Å²) in [7, 11) is -9.91. The molecule has 5 atom stereocenters. The summed E-state index contributed by atoms with van der Waals surface area (Å²) in [4.78, 5) is 72.8. The summed E-state index contributed by atoms with van der Waals surface area (Å²) in [5.74, 6) is 0.912. The quantitative estimate of drug-likeness (QED) is 0.0222. The van der Waals surface area contributed by atoms with Crippen LogP contribution in [0.5, 0.6) is 0 Å². The van der Waals surface area contributed by atoms with Crippen LogP contribution in [0.2, 0.25) is 0 Å². The normalized spacial score (nSPS) is 14.1. The molecule has 0 aliphatic carbocycles. The molecule has 0 aromatic heterocycles. The molecule has 0 fully saturated rings. The Hall–Kier alpha value is -1.94. The summed E-state index contributed by atoms with van der Waals surface area (Å²) in [6.07, 6.45) is 51.5. The lowest BCUT2D eigenvalue weighted by atomic mass is 10.0. The van der Waals surface area contributed by atoms with E-state index in [9.17, 15) is 43.2 Å². The molecule has 3 N–H and O–H groups in total. The Bertz CT molecular complexity index is 1880. The number of unbranched alkanes of at least 4 members (excludes halogenated alkanes) is 40. The summed E-state index contributed by atoms with van der Waals surface area (Å²) in [5, 5.41) is 10.6. The van der Waals surface area contributed by atoms with E-state index in [2.05, 4.69) is 55.4 Å². The van der Waals surface area contributed by atoms with E-state index >= 15 is 0 Å². The van der Waals surface area contributed by atoms with Gasteiger partial charge in [-0.25, -0.2) is 9.13 Å². The van der Waals surface area contributed by atoms with E-state index in [4.69, 9.17) is 37.0 Å². The third kappa shape index (κ3) is 70.5. The molecular formula is C77H150O17P2. The zero-order valence-electron chi connectivity index (χ0n) is 63.0. The van der Waals surface area contributed by atoms with E-state index in [1.165, 1.54) is 186 Å².